The number of rotatable bonds is 3. The molecule has 0 bridgehead atoms. The van der Waals surface area contributed by atoms with Crippen LogP contribution < -0.4 is 4.74 Å². The lowest BCUT2D eigenvalue weighted by atomic mass is 10.1. The van der Waals surface area contributed by atoms with E-state index in [0.717, 1.165) is 48.6 Å². The van der Waals surface area contributed by atoms with Crippen LogP contribution in [0.1, 0.15) is 24.2 Å². The Morgan fingerprint density at radius 2 is 1.96 bits per heavy atom. The van der Waals surface area contributed by atoms with Gasteiger partial charge >= 0.3 is 0 Å². The van der Waals surface area contributed by atoms with Crippen molar-refractivity contribution in [2.75, 3.05) is 20.1 Å². The third-order valence-corrected chi connectivity index (χ3v) is 4.79. The summed E-state index contributed by atoms with van der Waals surface area (Å²) in [6.07, 6.45) is 2.36. The zero-order valence-corrected chi connectivity index (χ0v) is 15.7. The monoisotopic (exact) mass is 365 g/mol. The number of aromatic nitrogens is 2. The maximum Gasteiger partial charge on any atom is 0.235 e. The molecule has 1 unspecified atom stereocenters. The van der Waals surface area contributed by atoms with Crippen LogP contribution in [0.25, 0.3) is 11.3 Å². The van der Waals surface area contributed by atoms with Gasteiger partial charge in [0, 0.05) is 17.1 Å². The van der Waals surface area contributed by atoms with Gasteiger partial charge in [-0.2, -0.15) is 0 Å². The van der Waals surface area contributed by atoms with Gasteiger partial charge in [0.15, 0.2) is 0 Å². The van der Waals surface area contributed by atoms with Crippen molar-refractivity contribution in [3.63, 3.8) is 0 Å². The number of likely N-dealkylation sites (tertiary alicyclic amines) is 1. The van der Waals surface area contributed by atoms with Gasteiger partial charge in [0.1, 0.15) is 11.8 Å². The van der Waals surface area contributed by atoms with Gasteiger partial charge < -0.3 is 9.64 Å². The summed E-state index contributed by atoms with van der Waals surface area (Å²) in [5.41, 5.74) is 3.17. The largest absolute Gasteiger partial charge is 0.472 e. The van der Waals surface area contributed by atoms with Crippen LogP contribution in [-0.2, 0) is 0 Å². The molecule has 24 heavy (non-hydrogen) atoms. The van der Waals surface area contributed by atoms with Crippen LogP contribution in [0, 0.1) is 13.8 Å². The molecule has 1 aliphatic heterocycles. The van der Waals surface area contributed by atoms with E-state index < -0.39 is 0 Å². The summed E-state index contributed by atoms with van der Waals surface area (Å²) in [6.45, 7) is 5.89. The second kappa shape index (κ2) is 7.26. The van der Waals surface area contributed by atoms with Gasteiger partial charge in [0.2, 0.25) is 5.88 Å². The van der Waals surface area contributed by atoms with E-state index in [1.54, 1.807) is 6.07 Å². The second-order valence-corrected chi connectivity index (χ2v) is 7.16. The molecule has 1 fully saturated rings. The van der Waals surface area contributed by atoms with E-state index in [9.17, 15) is 0 Å². The number of likely N-dealkylation sites (N-methyl/N-ethyl adjacent to an activating group) is 1. The Kier molecular flexibility index (Phi) is 5.28. The highest BCUT2D eigenvalue weighted by Crippen LogP contribution is 2.32. The molecule has 0 N–H and O–H groups in total. The van der Waals surface area contributed by atoms with Gasteiger partial charge in [-0.3, -0.25) is 0 Å². The molecule has 2 aromatic rings. The lowest BCUT2D eigenvalue weighted by Crippen LogP contribution is -2.38. The van der Waals surface area contributed by atoms with Crippen molar-refractivity contribution < 1.29 is 4.74 Å². The average molecular weight is 366 g/mol. The molecule has 1 aliphatic rings. The van der Waals surface area contributed by atoms with E-state index in [2.05, 4.69) is 21.9 Å². The van der Waals surface area contributed by atoms with Crippen molar-refractivity contribution in [2.45, 2.75) is 32.8 Å². The number of aryl methyl sites for hydroxylation is 2. The highest BCUT2D eigenvalue weighted by atomic mass is 35.5. The first kappa shape index (κ1) is 17.5. The summed E-state index contributed by atoms with van der Waals surface area (Å²) in [4.78, 5) is 11.6. The number of nitrogens with zero attached hydrogens (tertiary/aromatic N) is 3. The third-order valence-electron chi connectivity index (χ3n) is 4.25. The fraction of sp³-hybridized carbons (Fsp3) is 0.444. The molecule has 0 saturated carbocycles. The first-order valence-electron chi connectivity index (χ1n) is 8.10. The minimum atomic E-state index is 0.168. The normalized spacial score (nSPS) is 18.6. The van der Waals surface area contributed by atoms with Gasteiger partial charge in [-0.15, -0.1) is 0 Å². The summed E-state index contributed by atoms with van der Waals surface area (Å²) in [6, 6.07) is 5.40. The molecular formula is C18H21Cl2N3O. The van der Waals surface area contributed by atoms with Crippen LogP contribution in [0.5, 0.6) is 5.88 Å². The maximum atomic E-state index is 6.31. The molecule has 3 rings (SSSR count). The number of halogens is 2. The fourth-order valence-corrected chi connectivity index (χ4v) is 3.50. The fourth-order valence-electron chi connectivity index (χ4n) is 3.00. The number of hydrogen-bond donors (Lipinski definition) is 0. The van der Waals surface area contributed by atoms with Crippen molar-refractivity contribution in [3.05, 3.63) is 39.6 Å². The summed E-state index contributed by atoms with van der Waals surface area (Å²) < 4.78 is 6.11. The molecular weight excluding hydrogens is 345 g/mol. The number of piperidine rings is 1. The Morgan fingerprint density at radius 1 is 1.17 bits per heavy atom. The minimum absolute atomic E-state index is 0.168. The lowest BCUT2D eigenvalue weighted by molar-refractivity contribution is 0.0987. The Morgan fingerprint density at radius 3 is 2.67 bits per heavy atom. The molecule has 1 aromatic carbocycles. The lowest BCUT2D eigenvalue weighted by Gasteiger charge is -2.30. The van der Waals surface area contributed by atoms with Gasteiger partial charge in [0.25, 0.3) is 0 Å². The maximum absolute atomic E-state index is 6.31. The molecule has 0 amide bonds. The van der Waals surface area contributed by atoms with Crippen molar-refractivity contribution in [1.29, 1.82) is 0 Å². The van der Waals surface area contributed by atoms with Gasteiger partial charge in [-0.1, -0.05) is 23.2 Å². The third kappa shape index (κ3) is 3.82. The second-order valence-electron chi connectivity index (χ2n) is 6.32. The van der Waals surface area contributed by atoms with E-state index in [-0.39, 0.29) is 6.10 Å². The smallest absolute Gasteiger partial charge is 0.235 e. The van der Waals surface area contributed by atoms with Crippen LogP contribution in [0.4, 0.5) is 0 Å². The molecule has 128 valence electrons. The van der Waals surface area contributed by atoms with Crippen LogP contribution in [0.3, 0.4) is 0 Å². The number of ether oxygens (including phenoxy) is 1. The molecule has 0 aliphatic carbocycles. The molecule has 2 heterocycles. The molecule has 0 radical (unpaired) electrons. The highest BCUT2D eigenvalue weighted by molar-refractivity contribution is 6.36. The van der Waals surface area contributed by atoms with Gasteiger partial charge in [0.05, 0.1) is 16.4 Å². The zero-order chi connectivity index (χ0) is 17.3. The summed E-state index contributed by atoms with van der Waals surface area (Å²) >= 11 is 12.3. The molecule has 4 nitrogen and oxygen atoms in total. The minimum Gasteiger partial charge on any atom is -0.472 e. The highest BCUT2D eigenvalue weighted by Gasteiger charge is 2.21. The Balaban J connectivity index is 1.88. The summed E-state index contributed by atoms with van der Waals surface area (Å²) in [5, 5.41) is 1.18. The van der Waals surface area contributed by atoms with Crippen LogP contribution in [0.15, 0.2) is 18.2 Å². The van der Waals surface area contributed by atoms with Crippen LogP contribution >= 0.6 is 23.2 Å². The Labute approximate surface area is 152 Å². The van der Waals surface area contributed by atoms with E-state index in [4.69, 9.17) is 27.9 Å². The van der Waals surface area contributed by atoms with Crippen molar-refractivity contribution >= 4 is 23.2 Å². The Bertz CT molecular complexity index is 751. The van der Waals surface area contributed by atoms with Crippen molar-refractivity contribution in [1.82, 2.24) is 14.9 Å². The topological polar surface area (TPSA) is 38.3 Å². The van der Waals surface area contributed by atoms with Gasteiger partial charge in [-0.25, -0.2) is 9.97 Å². The summed E-state index contributed by atoms with van der Waals surface area (Å²) in [5.74, 6) is 0.613. The SMILES string of the molecule is Cc1nc(-c2ccc(Cl)cc2Cl)c(C)nc1OC1CCCN(C)C1. The first-order valence-corrected chi connectivity index (χ1v) is 8.85. The van der Waals surface area contributed by atoms with Crippen LogP contribution in [-0.4, -0.2) is 41.1 Å². The summed E-state index contributed by atoms with van der Waals surface area (Å²) in [7, 11) is 2.12. The molecule has 1 aromatic heterocycles. The molecule has 0 spiro atoms. The Hall–Kier alpha value is -1.36. The first-order chi connectivity index (χ1) is 11.4. The average Bonchev–Trinajstić information content (AvgIpc) is 2.51. The van der Waals surface area contributed by atoms with Gasteiger partial charge in [-0.05, 0) is 58.5 Å². The molecule has 1 atom stereocenters. The molecule has 1 saturated heterocycles. The predicted octanol–water partition coefficient (Wildman–Crippen LogP) is 4.54. The quantitative estimate of drug-likeness (QED) is 0.799. The zero-order valence-electron chi connectivity index (χ0n) is 14.1. The molecule has 6 heteroatoms. The van der Waals surface area contributed by atoms with Crippen LogP contribution in [0.2, 0.25) is 10.0 Å². The van der Waals surface area contributed by atoms with E-state index in [1.807, 2.05) is 26.0 Å². The number of hydrogen-bond acceptors (Lipinski definition) is 4. The van der Waals surface area contributed by atoms with Crippen molar-refractivity contribution in [3.8, 4) is 17.1 Å². The standard InChI is InChI=1S/C18H21Cl2N3O/c1-11-17(15-7-6-13(19)9-16(15)20)21-12(2)18(22-11)24-14-5-4-8-23(3)10-14/h6-7,9,14H,4-5,8,10H2,1-3H3. The predicted molar refractivity (Wildman–Crippen MR) is 98.1 cm³/mol. The van der Waals surface area contributed by atoms with E-state index in [0.29, 0.717) is 15.9 Å². The van der Waals surface area contributed by atoms with Crippen molar-refractivity contribution in [2.24, 2.45) is 0 Å². The van der Waals surface area contributed by atoms with E-state index in [1.165, 1.54) is 0 Å². The number of benzene rings is 1. The van der Waals surface area contributed by atoms with E-state index >= 15 is 0 Å².